The van der Waals surface area contributed by atoms with Crippen molar-refractivity contribution in [3.05, 3.63) is 99.8 Å². The molecule has 1 amide bonds. The van der Waals surface area contributed by atoms with Crippen molar-refractivity contribution in [2.75, 3.05) is 0 Å². The second kappa shape index (κ2) is 9.05. The van der Waals surface area contributed by atoms with Crippen LogP contribution in [0, 0.1) is 5.82 Å². The third-order valence-corrected chi connectivity index (χ3v) is 4.20. The van der Waals surface area contributed by atoms with Crippen molar-refractivity contribution in [3.8, 4) is 5.75 Å². The average Bonchev–Trinajstić information content (AvgIpc) is 2.70. The second-order valence-electron chi connectivity index (χ2n) is 5.64. The minimum Gasteiger partial charge on any atom is -0.423 e. The van der Waals surface area contributed by atoms with Crippen LogP contribution >= 0.6 is 15.9 Å². The van der Waals surface area contributed by atoms with E-state index in [1.165, 1.54) is 24.4 Å². The maximum Gasteiger partial charge on any atom is 0.343 e. The molecule has 3 aromatic carbocycles. The summed E-state index contributed by atoms with van der Waals surface area (Å²) in [7, 11) is 0. The molecular weight excluding hydrogens is 427 g/mol. The average molecular weight is 441 g/mol. The summed E-state index contributed by atoms with van der Waals surface area (Å²) in [5.74, 6) is -1.35. The highest BCUT2D eigenvalue weighted by atomic mass is 79.9. The Hall–Kier alpha value is -3.32. The van der Waals surface area contributed by atoms with Gasteiger partial charge >= 0.3 is 5.97 Å². The van der Waals surface area contributed by atoms with Crippen molar-refractivity contribution in [2.24, 2.45) is 5.10 Å². The van der Waals surface area contributed by atoms with Crippen molar-refractivity contribution in [1.82, 2.24) is 5.43 Å². The quantitative estimate of drug-likeness (QED) is 0.273. The van der Waals surface area contributed by atoms with Crippen LogP contribution in [0.5, 0.6) is 5.75 Å². The number of halogens is 2. The molecule has 0 saturated carbocycles. The Morgan fingerprint density at radius 3 is 2.32 bits per heavy atom. The van der Waals surface area contributed by atoms with Gasteiger partial charge in [-0.2, -0.15) is 5.10 Å². The van der Waals surface area contributed by atoms with E-state index in [0.717, 1.165) is 4.47 Å². The fraction of sp³-hybridized carbons (Fsp3) is 0. The van der Waals surface area contributed by atoms with Gasteiger partial charge in [0.15, 0.2) is 0 Å². The van der Waals surface area contributed by atoms with E-state index in [4.69, 9.17) is 4.74 Å². The molecule has 0 heterocycles. The molecule has 0 aliphatic carbocycles. The van der Waals surface area contributed by atoms with Gasteiger partial charge in [-0.1, -0.05) is 28.1 Å². The topological polar surface area (TPSA) is 67.8 Å². The number of nitrogens with one attached hydrogen (secondary N) is 1. The molecule has 0 atom stereocenters. The number of ether oxygens (including phenoxy) is 1. The van der Waals surface area contributed by atoms with Gasteiger partial charge in [-0.3, -0.25) is 4.79 Å². The molecule has 28 heavy (non-hydrogen) atoms. The number of rotatable bonds is 5. The zero-order valence-corrected chi connectivity index (χ0v) is 16.0. The normalized spacial score (nSPS) is 10.6. The van der Waals surface area contributed by atoms with Gasteiger partial charge in [-0.25, -0.2) is 14.6 Å². The highest BCUT2D eigenvalue weighted by molar-refractivity contribution is 9.10. The van der Waals surface area contributed by atoms with E-state index >= 15 is 0 Å². The molecule has 0 aliphatic rings. The van der Waals surface area contributed by atoms with Crippen LogP contribution in [-0.2, 0) is 0 Å². The summed E-state index contributed by atoms with van der Waals surface area (Å²) in [5, 5.41) is 3.80. The standard InChI is InChI=1S/C21H14BrFN2O3/c22-16-9-7-15(8-10-16)21(27)28-17-11-5-14(6-12-17)13-24-25-20(26)18-3-1-2-4-19(18)23/h1-13H,(H,25,26). The van der Waals surface area contributed by atoms with Crippen LogP contribution in [0.25, 0.3) is 0 Å². The number of nitrogens with zero attached hydrogens (tertiary/aromatic N) is 1. The van der Waals surface area contributed by atoms with Crippen molar-refractivity contribution >= 4 is 34.0 Å². The first-order chi connectivity index (χ1) is 13.5. The van der Waals surface area contributed by atoms with Crippen LogP contribution < -0.4 is 10.2 Å². The minimum absolute atomic E-state index is 0.0881. The first kappa shape index (κ1) is 19.4. The van der Waals surface area contributed by atoms with Gasteiger partial charge in [0.25, 0.3) is 5.91 Å². The molecule has 0 aromatic heterocycles. The third-order valence-electron chi connectivity index (χ3n) is 3.67. The fourth-order valence-corrected chi connectivity index (χ4v) is 2.51. The Labute approximate surface area is 169 Å². The monoisotopic (exact) mass is 440 g/mol. The highest BCUT2D eigenvalue weighted by Crippen LogP contribution is 2.15. The molecule has 5 nitrogen and oxygen atoms in total. The van der Waals surface area contributed by atoms with Crippen molar-refractivity contribution < 1.29 is 18.7 Å². The Morgan fingerprint density at radius 1 is 0.964 bits per heavy atom. The predicted molar refractivity (Wildman–Crippen MR) is 107 cm³/mol. The first-order valence-corrected chi connectivity index (χ1v) is 8.98. The van der Waals surface area contributed by atoms with Gasteiger partial charge < -0.3 is 4.74 Å². The van der Waals surface area contributed by atoms with Crippen LogP contribution in [0.2, 0.25) is 0 Å². The maximum atomic E-state index is 13.5. The number of hydrogen-bond donors (Lipinski definition) is 1. The van der Waals surface area contributed by atoms with Gasteiger partial charge in [-0.15, -0.1) is 0 Å². The van der Waals surface area contributed by atoms with E-state index < -0.39 is 17.7 Å². The van der Waals surface area contributed by atoms with E-state index in [0.29, 0.717) is 16.9 Å². The number of hydrazone groups is 1. The Kier molecular flexibility index (Phi) is 6.29. The van der Waals surface area contributed by atoms with Gasteiger partial charge in [0, 0.05) is 4.47 Å². The number of carbonyl (C=O) groups is 2. The zero-order valence-electron chi connectivity index (χ0n) is 14.4. The third kappa shape index (κ3) is 5.11. The van der Waals surface area contributed by atoms with E-state index in [-0.39, 0.29) is 5.56 Å². The number of benzene rings is 3. The molecule has 0 unspecified atom stereocenters. The van der Waals surface area contributed by atoms with Crippen LogP contribution in [0.3, 0.4) is 0 Å². The predicted octanol–water partition coefficient (Wildman–Crippen LogP) is 4.57. The van der Waals surface area contributed by atoms with Crippen LogP contribution in [-0.4, -0.2) is 18.1 Å². The molecule has 7 heteroatoms. The molecule has 0 bridgehead atoms. The molecule has 1 N–H and O–H groups in total. The van der Waals surface area contributed by atoms with Crippen LogP contribution in [0.4, 0.5) is 4.39 Å². The largest absolute Gasteiger partial charge is 0.423 e. The van der Waals surface area contributed by atoms with Crippen LogP contribution in [0.15, 0.2) is 82.4 Å². The summed E-state index contributed by atoms with van der Waals surface area (Å²) in [6.45, 7) is 0. The highest BCUT2D eigenvalue weighted by Gasteiger charge is 2.10. The maximum absolute atomic E-state index is 13.5. The molecule has 0 saturated heterocycles. The molecule has 3 aromatic rings. The number of carbonyl (C=O) groups excluding carboxylic acids is 2. The van der Waals surface area contributed by atoms with E-state index in [9.17, 15) is 14.0 Å². The Morgan fingerprint density at radius 2 is 1.64 bits per heavy atom. The summed E-state index contributed by atoms with van der Waals surface area (Å²) < 4.78 is 19.7. The number of hydrogen-bond acceptors (Lipinski definition) is 4. The van der Waals surface area contributed by atoms with Crippen LogP contribution in [0.1, 0.15) is 26.3 Å². The summed E-state index contributed by atoms with van der Waals surface area (Å²) in [6.07, 6.45) is 1.40. The molecule has 0 spiro atoms. The number of amides is 1. The fourth-order valence-electron chi connectivity index (χ4n) is 2.24. The molecular formula is C21H14BrFN2O3. The van der Waals surface area contributed by atoms with Gasteiger partial charge in [0.1, 0.15) is 11.6 Å². The van der Waals surface area contributed by atoms with Crippen molar-refractivity contribution in [3.63, 3.8) is 0 Å². The number of esters is 1. The van der Waals surface area contributed by atoms with Gasteiger partial charge in [-0.05, 0) is 66.2 Å². The van der Waals surface area contributed by atoms with Gasteiger partial charge in [0.2, 0.25) is 0 Å². The lowest BCUT2D eigenvalue weighted by Gasteiger charge is -2.05. The molecule has 3 rings (SSSR count). The van der Waals surface area contributed by atoms with E-state index in [1.807, 2.05) is 0 Å². The molecule has 0 aliphatic heterocycles. The second-order valence-corrected chi connectivity index (χ2v) is 6.56. The lowest BCUT2D eigenvalue weighted by molar-refractivity contribution is 0.0734. The van der Waals surface area contributed by atoms with E-state index in [2.05, 4.69) is 26.5 Å². The summed E-state index contributed by atoms with van der Waals surface area (Å²) >= 11 is 3.31. The van der Waals surface area contributed by atoms with Gasteiger partial charge in [0.05, 0.1) is 17.3 Å². The SMILES string of the molecule is O=C(Oc1ccc(C=NNC(=O)c2ccccc2F)cc1)c1ccc(Br)cc1. The Bertz CT molecular complexity index is 1020. The zero-order chi connectivity index (χ0) is 19.9. The van der Waals surface area contributed by atoms with E-state index in [1.54, 1.807) is 54.6 Å². The molecule has 140 valence electrons. The summed E-state index contributed by atoms with van der Waals surface area (Å²) in [5.41, 5.74) is 3.27. The Balaban J connectivity index is 1.57. The smallest absolute Gasteiger partial charge is 0.343 e. The van der Waals surface area contributed by atoms with Crippen molar-refractivity contribution in [1.29, 1.82) is 0 Å². The summed E-state index contributed by atoms with van der Waals surface area (Å²) in [4.78, 5) is 23.9. The molecule has 0 fully saturated rings. The lowest BCUT2D eigenvalue weighted by Crippen LogP contribution is -2.18. The first-order valence-electron chi connectivity index (χ1n) is 8.19. The molecule has 0 radical (unpaired) electrons. The minimum atomic E-state index is -0.644. The van der Waals surface area contributed by atoms with Crippen molar-refractivity contribution in [2.45, 2.75) is 0 Å². The summed E-state index contributed by atoms with van der Waals surface area (Å²) in [6, 6.07) is 19.0. The lowest BCUT2D eigenvalue weighted by atomic mass is 10.2.